The zero-order chi connectivity index (χ0) is 15.8. The normalized spacial score (nSPS) is 19.1. The first kappa shape index (κ1) is 15.2. The maximum Gasteiger partial charge on any atom is 0.331 e. The Labute approximate surface area is 122 Å². The standard InChI is InChI=1S/C14H18FN3O3/c1-14(2,3)21-12(19)10-8-18(13(20)17(10)4)9-5-6-11(15)16-7-9/h5-7,10H,8H2,1-4H3. The summed E-state index contributed by atoms with van der Waals surface area (Å²) in [5.41, 5.74) is -0.175. The molecule has 1 aromatic rings. The van der Waals surface area contributed by atoms with Gasteiger partial charge >= 0.3 is 12.0 Å². The fourth-order valence-electron chi connectivity index (χ4n) is 2.04. The first-order valence-electron chi connectivity index (χ1n) is 6.58. The average molecular weight is 295 g/mol. The molecule has 114 valence electrons. The van der Waals surface area contributed by atoms with E-state index in [0.717, 1.165) is 0 Å². The zero-order valence-corrected chi connectivity index (χ0v) is 12.5. The number of likely N-dealkylation sites (N-methyl/N-ethyl adjacent to an activating group) is 1. The molecule has 1 aliphatic heterocycles. The smallest absolute Gasteiger partial charge is 0.331 e. The number of pyridine rings is 1. The predicted octanol–water partition coefficient (Wildman–Crippen LogP) is 1.80. The average Bonchev–Trinajstić information content (AvgIpc) is 2.66. The molecule has 7 heteroatoms. The number of aromatic nitrogens is 1. The number of carbonyl (C=O) groups excluding carboxylic acids is 2. The van der Waals surface area contributed by atoms with Gasteiger partial charge in [0.2, 0.25) is 5.95 Å². The number of anilines is 1. The molecule has 0 spiro atoms. The molecule has 0 bridgehead atoms. The first-order chi connectivity index (χ1) is 9.69. The molecule has 0 aromatic carbocycles. The van der Waals surface area contributed by atoms with E-state index in [9.17, 15) is 14.0 Å². The third-order valence-corrected chi connectivity index (χ3v) is 3.06. The van der Waals surface area contributed by atoms with E-state index in [-0.39, 0.29) is 12.6 Å². The van der Waals surface area contributed by atoms with Crippen LogP contribution in [0.2, 0.25) is 0 Å². The van der Waals surface area contributed by atoms with Crippen LogP contribution in [0.3, 0.4) is 0 Å². The Bertz CT molecular complexity index is 554. The van der Waals surface area contributed by atoms with Crippen molar-refractivity contribution in [2.24, 2.45) is 0 Å². The van der Waals surface area contributed by atoms with Crippen LogP contribution >= 0.6 is 0 Å². The number of urea groups is 1. The second kappa shape index (κ2) is 5.31. The Morgan fingerprint density at radius 1 is 1.43 bits per heavy atom. The molecule has 1 saturated heterocycles. The van der Waals surface area contributed by atoms with Gasteiger partial charge in [0.05, 0.1) is 18.4 Å². The van der Waals surface area contributed by atoms with Crippen molar-refractivity contribution in [2.45, 2.75) is 32.4 Å². The quantitative estimate of drug-likeness (QED) is 0.616. The Kier molecular flexibility index (Phi) is 3.85. The van der Waals surface area contributed by atoms with E-state index in [2.05, 4.69) is 4.98 Å². The van der Waals surface area contributed by atoms with Crippen molar-refractivity contribution in [3.05, 3.63) is 24.3 Å². The minimum atomic E-state index is -0.693. The van der Waals surface area contributed by atoms with Crippen molar-refractivity contribution < 1.29 is 18.7 Å². The molecule has 0 aliphatic carbocycles. The van der Waals surface area contributed by atoms with Crippen LogP contribution in [0.5, 0.6) is 0 Å². The van der Waals surface area contributed by atoms with Crippen LogP contribution in [-0.2, 0) is 9.53 Å². The molecule has 2 heterocycles. The summed E-state index contributed by atoms with van der Waals surface area (Å²) in [6.07, 6.45) is 1.26. The van der Waals surface area contributed by atoms with E-state index in [1.807, 2.05) is 0 Å². The van der Waals surface area contributed by atoms with Crippen LogP contribution in [0.25, 0.3) is 0 Å². The molecule has 1 aliphatic rings. The third-order valence-electron chi connectivity index (χ3n) is 3.06. The van der Waals surface area contributed by atoms with E-state index in [1.54, 1.807) is 20.8 Å². The second-order valence-electron chi connectivity index (χ2n) is 5.89. The predicted molar refractivity (Wildman–Crippen MR) is 74.3 cm³/mol. The highest BCUT2D eigenvalue weighted by molar-refractivity contribution is 5.99. The van der Waals surface area contributed by atoms with Crippen molar-refractivity contribution in [2.75, 3.05) is 18.5 Å². The van der Waals surface area contributed by atoms with Crippen molar-refractivity contribution >= 4 is 17.7 Å². The van der Waals surface area contributed by atoms with Gasteiger partial charge in [-0.3, -0.25) is 4.90 Å². The highest BCUT2D eigenvalue weighted by Crippen LogP contribution is 2.24. The van der Waals surface area contributed by atoms with E-state index in [1.165, 1.54) is 35.2 Å². The lowest BCUT2D eigenvalue weighted by Gasteiger charge is -2.24. The molecule has 1 unspecified atom stereocenters. The molecule has 2 amide bonds. The number of rotatable bonds is 2. The number of halogens is 1. The van der Waals surface area contributed by atoms with Gasteiger partial charge in [-0.25, -0.2) is 14.6 Å². The van der Waals surface area contributed by atoms with Crippen LogP contribution in [-0.4, -0.2) is 47.1 Å². The molecule has 21 heavy (non-hydrogen) atoms. The van der Waals surface area contributed by atoms with Gasteiger partial charge in [-0.05, 0) is 32.9 Å². The monoisotopic (exact) mass is 295 g/mol. The fraction of sp³-hybridized carbons (Fsp3) is 0.500. The summed E-state index contributed by atoms with van der Waals surface area (Å²) in [5.74, 6) is -1.08. The van der Waals surface area contributed by atoms with Gasteiger partial charge in [0.1, 0.15) is 11.6 Å². The first-order valence-corrected chi connectivity index (χ1v) is 6.58. The highest BCUT2D eigenvalue weighted by Gasteiger charge is 2.41. The molecule has 1 aromatic heterocycles. The number of hydrogen-bond donors (Lipinski definition) is 0. The highest BCUT2D eigenvalue weighted by atomic mass is 19.1. The molecule has 1 atom stereocenters. The van der Waals surface area contributed by atoms with Crippen molar-refractivity contribution in [3.63, 3.8) is 0 Å². The van der Waals surface area contributed by atoms with E-state index < -0.39 is 23.6 Å². The van der Waals surface area contributed by atoms with Crippen LogP contribution in [0.15, 0.2) is 18.3 Å². The maximum atomic E-state index is 12.8. The number of esters is 1. The summed E-state index contributed by atoms with van der Waals surface area (Å²) in [4.78, 5) is 30.5. The molecule has 6 nitrogen and oxygen atoms in total. The largest absolute Gasteiger partial charge is 0.458 e. The topological polar surface area (TPSA) is 62.7 Å². The molecule has 0 radical (unpaired) electrons. The Morgan fingerprint density at radius 3 is 2.62 bits per heavy atom. The van der Waals surface area contributed by atoms with Crippen LogP contribution in [0.1, 0.15) is 20.8 Å². The molecule has 1 fully saturated rings. The van der Waals surface area contributed by atoms with Gasteiger partial charge in [0, 0.05) is 7.05 Å². The maximum absolute atomic E-state index is 12.8. The van der Waals surface area contributed by atoms with E-state index in [0.29, 0.717) is 5.69 Å². The van der Waals surface area contributed by atoms with E-state index >= 15 is 0 Å². The van der Waals surface area contributed by atoms with Gasteiger partial charge in [0.25, 0.3) is 0 Å². The lowest BCUT2D eigenvalue weighted by atomic mass is 10.2. The van der Waals surface area contributed by atoms with Gasteiger partial charge in [-0.15, -0.1) is 0 Å². The lowest BCUT2D eigenvalue weighted by Crippen LogP contribution is -2.40. The van der Waals surface area contributed by atoms with Gasteiger partial charge in [-0.1, -0.05) is 0 Å². The number of amides is 2. The lowest BCUT2D eigenvalue weighted by molar-refractivity contribution is -0.158. The SMILES string of the molecule is CN1C(=O)N(c2ccc(F)nc2)CC1C(=O)OC(C)(C)C. The third kappa shape index (κ3) is 3.29. The summed E-state index contributed by atoms with van der Waals surface area (Å²) in [5, 5.41) is 0. The Morgan fingerprint density at radius 2 is 2.10 bits per heavy atom. The summed E-state index contributed by atoms with van der Waals surface area (Å²) in [6.45, 7) is 5.45. The number of hydrogen-bond acceptors (Lipinski definition) is 4. The summed E-state index contributed by atoms with van der Waals surface area (Å²) in [6, 6.07) is 1.58. The van der Waals surface area contributed by atoms with Gasteiger partial charge in [0.15, 0.2) is 0 Å². The molecule has 0 saturated carbocycles. The molecule has 2 rings (SSSR count). The Hall–Kier alpha value is -2.18. The minimum Gasteiger partial charge on any atom is -0.458 e. The molecular weight excluding hydrogens is 277 g/mol. The van der Waals surface area contributed by atoms with E-state index in [4.69, 9.17) is 4.74 Å². The van der Waals surface area contributed by atoms with Crippen LogP contribution in [0, 0.1) is 5.95 Å². The summed E-state index contributed by atoms with van der Waals surface area (Å²) in [7, 11) is 1.54. The van der Waals surface area contributed by atoms with Crippen molar-refractivity contribution in [1.29, 1.82) is 0 Å². The Balaban J connectivity index is 2.16. The van der Waals surface area contributed by atoms with Crippen molar-refractivity contribution in [1.82, 2.24) is 9.88 Å². The number of ether oxygens (including phenoxy) is 1. The minimum absolute atomic E-state index is 0.150. The van der Waals surface area contributed by atoms with Crippen LogP contribution < -0.4 is 4.90 Å². The molecule has 0 N–H and O–H groups in total. The second-order valence-corrected chi connectivity index (χ2v) is 5.89. The van der Waals surface area contributed by atoms with Gasteiger partial charge in [-0.2, -0.15) is 4.39 Å². The summed E-state index contributed by atoms with van der Waals surface area (Å²) >= 11 is 0. The zero-order valence-electron chi connectivity index (χ0n) is 12.5. The van der Waals surface area contributed by atoms with Gasteiger partial charge < -0.3 is 9.64 Å². The number of carbonyl (C=O) groups is 2. The number of nitrogens with zero attached hydrogens (tertiary/aromatic N) is 3. The summed E-state index contributed by atoms with van der Waals surface area (Å²) < 4.78 is 18.1. The van der Waals surface area contributed by atoms with Crippen LogP contribution in [0.4, 0.5) is 14.9 Å². The van der Waals surface area contributed by atoms with Crippen molar-refractivity contribution in [3.8, 4) is 0 Å². The molecular formula is C14H18FN3O3. The fourth-order valence-corrected chi connectivity index (χ4v) is 2.04.